The number of nitrogens with zero attached hydrogens (tertiary/aromatic N) is 1. The zero-order chi connectivity index (χ0) is 13.3. The second kappa shape index (κ2) is 5.19. The molecule has 2 atom stereocenters. The van der Waals surface area contributed by atoms with Crippen LogP contribution in [0.5, 0.6) is 0 Å². The van der Waals surface area contributed by atoms with Crippen LogP contribution < -0.4 is 4.90 Å². The van der Waals surface area contributed by atoms with Crippen molar-refractivity contribution in [3.8, 4) is 0 Å². The van der Waals surface area contributed by atoms with Crippen molar-refractivity contribution in [3.05, 3.63) is 28.8 Å². The van der Waals surface area contributed by atoms with Gasteiger partial charge in [0.25, 0.3) is 0 Å². The molecule has 1 aliphatic heterocycles. The summed E-state index contributed by atoms with van der Waals surface area (Å²) in [6.45, 7) is 4.30. The molecule has 0 saturated carbocycles. The van der Waals surface area contributed by atoms with Gasteiger partial charge < -0.3 is 10.0 Å². The monoisotopic (exact) mass is 267 g/mol. The van der Waals surface area contributed by atoms with Gasteiger partial charge in [0.15, 0.2) is 0 Å². The van der Waals surface area contributed by atoms with E-state index in [4.69, 9.17) is 11.6 Å². The van der Waals surface area contributed by atoms with E-state index < -0.39 is 5.97 Å². The minimum absolute atomic E-state index is 0.295. The second-order valence-corrected chi connectivity index (χ2v) is 5.44. The van der Waals surface area contributed by atoms with Crippen molar-refractivity contribution in [2.75, 3.05) is 4.90 Å². The number of aromatic carboxylic acids is 1. The van der Waals surface area contributed by atoms with Crippen molar-refractivity contribution < 1.29 is 9.90 Å². The topological polar surface area (TPSA) is 40.5 Å². The Morgan fingerprint density at radius 3 is 2.50 bits per heavy atom. The Morgan fingerprint density at radius 1 is 1.33 bits per heavy atom. The van der Waals surface area contributed by atoms with Gasteiger partial charge in [0.05, 0.1) is 11.3 Å². The fourth-order valence-corrected chi connectivity index (χ4v) is 2.97. The van der Waals surface area contributed by atoms with Gasteiger partial charge in [-0.2, -0.15) is 0 Å². The van der Waals surface area contributed by atoms with Crippen molar-refractivity contribution >= 4 is 23.3 Å². The van der Waals surface area contributed by atoms with Gasteiger partial charge in [-0.1, -0.05) is 11.6 Å². The Balaban J connectivity index is 2.45. The smallest absolute Gasteiger partial charge is 0.337 e. The number of halogens is 1. The molecule has 0 spiro atoms. The van der Waals surface area contributed by atoms with Gasteiger partial charge in [-0.15, -0.1) is 0 Å². The van der Waals surface area contributed by atoms with Gasteiger partial charge in [-0.25, -0.2) is 4.79 Å². The fraction of sp³-hybridized carbons (Fsp3) is 0.500. The first kappa shape index (κ1) is 13.2. The lowest BCUT2D eigenvalue weighted by atomic mass is 9.95. The normalized spacial score (nSPS) is 24.1. The summed E-state index contributed by atoms with van der Waals surface area (Å²) < 4.78 is 0. The summed E-state index contributed by atoms with van der Waals surface area (Å²) in [7, 11) is 0. The molecule has 18 heavy (non-hydrogen) atoms. The summed E-state index contributed by atoms with van der Waals surface area (Å²) in [6.07, 6.45) is 3.41. The van der Waals surface area contributed by atoms with E-state index in [2.05, 4.69) is 18.7 Å². The highest BCUT2D eigenvalue weighted by atomic mass is 35.5. The molecule has 1 aliphatic rings. The average molecular weight is 268 g/mol. The molecule has 0 unspecified atom stereocenters. The highest BCUT2D eigenvalue weighted by molar-refractivity contribution is 6.31. The van der Waals surface area contributed by atoms with E-state index in [0.717, 1.165) is 18.5 Å². The lowest BCUT2D eigenvalue weighted by Crippen LogP contribution is -2.44. The maximum Gasteiger partial charge on any atom is 0.337 e. The van der Waals surface area contributed by atoms with Crippen molar-refractivity contribution in [2.45, 2.75) is 45.2 Å². The van der Waals surface area contributed by atoms with Crippen LogP contribution in [0.3, 0.4) is 0 Å². The van der Waals surface area contributed by atoms with E-state index in [-0.39, 0.29) is 0 Å². The number of hydrogen-bond acceptors (Lipinski definition) is 2. The molecular weight excluding hydrogens is 250 g/mol. The van der Waals surface area contributed by atoms with Gasteiger partial charge in [0.1, 0.15) is 0 Å². The molecule has 98 valence electrons. The van der Waals surface area contributed by atoms with E-state index in [9.17, 15) is 9.90 Å². The van der Waals surface area contributed by atoms with Crippen LogP contribution in [0.2, 0.25) is 5.02 Å². The predicted octanol–water partition coefficient (Wildman–Crippen LogP) is 3.81. The maximum absolute atomic E-state index is 11.3. The van der Waals surface area contributed by atoms with Crippen LogP contribution in [0.4, 0.5) is 5.69 Å². The number of carboxylic acids is 1. The van der Waals surface area contributed by atoms with Crippen LogP contribution in [0.25, 0.3) is 0 Å². The van der Waals surface area contributed by atoms with E-state index >= 15 is 0 Å². The molecule has 0 aliphatic carbocycles. The number of rotatable bonds is 2. The molecule has 3 nitrogen and oxygen atoms in total. The number of hydrogen-bond donors (Lipinski definition) is 1. The lowest BCUT2D eigenvalue weighted by Gasteiger charge is -2.41. The number of carboxylic acid groups (broad SMARTS) is 1. The van der Waals surface area contributed by atoms with Crippen LogP contribution in [0.15, 0.2) is 18.2 Å². The molecule has 1 heterocycles. The van der Waals surface area contributed by atoms with Crippen molar-refractivity contribution in [1.29, 1.82) is 0 Å². The lowest BCUT2D eigenvalue weighted by molar-refractivity contribution is 0.0697. The SMILES string of the molecule is C[C@@H]1CCC[C@H](C)N1c1ccc(Cl)cc1C(=O)O. The van der Waals surface area contributed by atoms with Crippen LogP contribution in [0.1, 0.15) is 43.5 Å². The molecule has 2 rings (SSSR count). The van der Waals surface area contributed by atoms with Crippen molar-refractivity contribution in [3.63, 3.8) is 0 Å². The molecule has 4 heteroatoms. The minimum Gasteiger partial charge on any atom is -0.478 e. The third-order valence-electron chi connectivity index (χ3n) is 3.66. The Morgan fingerprint density at radius 2 is 1.94 bits per heavy atom. The Bertz CT molecular complexity index is 451. The van der Waals surface area contributed by atoms with E-state index in [1.807, 2.05) is 6.07 Å². The van der Waals surface area contributed by atoms with Gasteiger partial charge in [-0.05, 0) is 51.3 Å². The fourth-order valence-electron chi connectivity index (χ4n) is 2.80. The molecular formula is C14H18ClNO2. The van der Waals surface area contributed by atoms with E-state index in [1.165, 1.54) is 12.5 Å². The Kier molecular flexibility index (Phi) is 3.81. The number of anilines is 1. The molecule has 0 bridgehead atoms. The standard InChI is InChI=1S/C14H18ClNO2/c1-9-4-3-5-10(2)16(9)13-7-6-11(15)8-12(13)14(17)18/h6-10H,3-5H2,1-2H3,(H,17,18)/t9-,10+. The summed E-state index contributed by atoms with van der Waals surface area (Å²) in [5, 5.41) is 9.77. The molecule has 0 amide bonds. The van der Waals surface area contributed by atoms with Crippen LogP contribution in [-0.4, -0.2) is 23.2 Å². The van der Waals surface area contributed by atoms with Gasteiger partial charge >= 0.3 is 5.97 Å². The highest BCUT2D eigenvalue weighted by Gasteiger charge is 2.28. The number of benzene rings is 1. The summed E-state index contributed by atoms with van der Waals surface area (Å²) in [5.74, 6) is -0.919. The molecule has 1 aromatic carbocycles. The van der Waals surface area contributed by atoms with E-state index in [0.29, 0.717) is 22.7 Å². The summed E-state index contributed by atoms with van der Waals surface area (Å²) in [6, 6.07) is 5.86. The van der Waals surface area contributed by atoms with E-state index in [1.54, 1.807) is 6.07 Å². The predicted molar refractivity (Wildman–Crippen MR) is 73.7 cm³/mol. The molecule has 0 radical (unpaired) electrons. The number of carbonyl (C=O) groups is 1. The molecule has 1 N–H and O–H groups in total. The minimum atomic E-state index is -0.919. The van der Waals surface area contributed by atoms with Gasteiger partial charge in [-0.3, -0.25) is 0 Å². The zero-order valence-corrected chi connectivity index (χ0v) is 11.4. The first-order valence-electron chi connectivity index (χ1n) is 6.32. The summed E-state index contributed by atoms with van der Waals surface area (Å²) in [5.41, 5.74) is 1.08. The maximum atomic E-state index is 11.3. The largest absolute Gasteiger partial charge is 0.478 e. The van der Waals surface area contributed by atoms with Gasteiger partial charge in [0, 0.05) is 17.1 Å². The van der Waals surface area contributed by atoms with Crippen molar-refractivity contribution in [2.24, 2.45) is 0 Å². The highest BCUT2D eigenvalue weighted by Crippen LogP contribution is 2.33. The second-order valence-electron chi connectivity index (χ2n) is 5.00. The zero-order valence-electron chi connectivity index (χ0n) is 10.7. The first-order valence-corrected chi connectivity index (χ1v) is 6.69. The molecule has 1 saturated heterocycles. The Hall–Kier alpha value is -1.22. The number of piperidine rings is 1. The third kappa shape index (κ3) is 2.46. The third-order valence-corrected chi connectivity index (χ3v) is 3.90. The van der Waals surface area contributed by atoms with Crippen molar-refractivity contribution in [1.82, 2.24) is 0 Å². The van der Waals surface area contributed by atoms with Crippen LogP contribution in [0, 0.1) is 0 Å². The molecule has 1 fully saturated rings. The quantitative estimate of drug-likeness (QED) is 0.886. The van der Waals surface area contributed by atoms with Gasteiger partial charge in [0.2, 0.25) is 0 Å². The van der Waals surface area contributed by atoms with Crippen LogP contribution >= 0.6 is 11.6 Å². The average Bonchev–Trinajstić information content (AvgIpc) is 2.30. The first-order chi connectivity index (χ1) is 8.50. The summed E-state index contributed by atoms with van der Waals surface area (Å²) >= 11 is 5.89. The molecule has 0 aromatic heterocycles. The Labute approximate surface area is 112 Å². The molecule has 1 aromatic rings. The van der Waals surface area contributed by atoms with Crippen LogP contribution in [-0.2, 0) is 0 Å². The summed E-state index contributed by atoms with van der Waals surface area (Å²) in [4.78, 5) is 13.6.